The molecule has 1 aromatic carbocycles. The first-order chi connectivity index (χ1) is 8.74. The number of rotatable bonds is 5. The highest BCUT2D eigenvalue weighted by atomic mass is 32.1. The molecule has 1 aromatic heterocycles. The minimum absolute atomic E-state index is 0.167. The minimum Gasteiger partial charge on any atom is -0.380 e. The van der Waals surface area contributed by atoms with Gasteiger partial charge in [-0.3, -0.25) is 0 Å². The van der Waals surface area contributed by atoms with Crippen LogP contribution in [-0.4, -0.2) is 19.1 Å². The van der Waals surface area contributed by atoms with Crippen molar-refractivity contribution in [1.82, 2.24) is 10.3 Å². The van der Waals surface area contributed by atoms with Crippen molar-refractivity contribution < 1.29 is 4.74 Å². The Balaban J connectivity index is 2.22. The molecule has 3 nitrogen and oxygen atoms in total. The number of ether oxygens (including phenoxy) is 1. The number of hydrogen-bond acceptors (Lipinski definition) is 4. The number of aryl methyl sites for hydroxylation is 1. The molecule has 1 unspecified atom stereocenters. The van der Waals surface area contributed by atoms with Crippen molar-refractivity contribution in [3.8, 4) is 0 Å². The summed E-state index contributed by atoms with van der Waals surface area (Å²) in [6.07, 6.45) is 0. The van der Waals surface area contributed by atoms with E-state index in [1.807, 2.05) is 14.0 Å². The highest BCUT2D eigenvalue weighted by Gasteiger charge is 2.14. The number of benzene rings is 1. The van der Waals surface area contributed by atoms with Gasteiger partial charge in [0.25, 0.3) is 0 Å². The molecule has 0 fully saturated rings. The topological polar surface area (TPSA) is 34.1 Å². The summed E-state index contributed by atoms with van der Waals surface area (Å²) in [5.74, 6) is 0. The maximum atomic E-state index is 5.12. The van der Waals surface area contributed by atoms with E-state index in [0.717, 1.165) is 10.7 Å². The lowest BCUT2D eigenvalue weighted by Crippen LogP contribution is -2.17. The Morgan fingerprint density at radius 1 is 1.33 bits per heavy atom. The number of nitrogens with zero attached hydrogens (tertiary/aromatic N) is 1. The van der Waals surface area contributed by atoms with Gasteiger partial charge >= 0.3 is 0 Å². The SMILES string of the molecule is CNC(c1ccc(COC)cc1)c1nc(C)cs1. The number of aromatic nitrogens is 1. The van der Waals surface area contributed by atoms with Gasteiger partial charge in [-0.05, 0) is 25.1 Å². The lowest BCUT2D eigenvalue weighted by Gasteiger charge is -2.14. The molecule has 1 N–H and O–H groups in total. The van der Waals surface area contributed by atoms with E-state index in [4.69, 9.17) is 4.74 Å². The molecule has 96 valence electrons. The van der Waals surface area contributed by atoms with E-state index in [-0.39, 0.29) is 6.04 Å². The average Bonchev–Trinajstić information content (AvgIpc) is 2.79. The molecule has 0 aliphatic rings. The molecule has 0 aliphatic heterocycles. The summed E-state index contributed by atoms with van der Waals surface area (Å²) >= 11 is 1.69. The Labute approximate surface area is 112 Å². The van der Waals surface area contributed by atoms with Gasteiger partial charge in [0.2, 0.25) is 0 Å². The summed E-state index contributed by atoms with van der Waals surface area (Å²) in [6.45, 7) is 2.68. The van der Waals surface area contributed by atoms with Crippen LogP contribution in [0.1, 0.15) is 27.9 Å². The Morgan fingerprint density at radius 2 is 2.06 bits per heavy atom. The lowest BCUT2D eigenvalue weighted by molar-refractivity contribution is 0.185. The first kappa shape index (κ1) is 13.2. The molecule has 0 radical (unpaired) electrons. The number of hydrogen-bond donors (Lipinski definition) is 1. The Hall–Kier alpha value is -1.23. The lowest BCUT2D eigenvalue weighted by atomic mass is 10.1. The summed E-state index contributed by atoms with van der Waals surface area (Å²) < 4.78 is 5.12. The third-order valence-electron chi connectivity index (χ3n) is 2.80. The largest absolute Gasteiger partial charge is 0.380 e. The van der Waals surface area contributed by atoms with E-state index in [1.54, 1.807) is 18.4 Å². The second-order valence-corrected chi connectivity index (χ2v) is 5.11. The van der Waals surface area contributed by atoms with Crippen LogP contribution in [-0.2, 0) is 11.3 Å². The van der Waals surface area contributed by atoms with Crippen molar-refractivity contribution in [2.45, 2.75) is 19.6 Å². The zero-order chi connectivity index (χ0) is 13.0. The first-order valence-electron chi connectivity index (χ1n) is 5.91. The van der Waals surface area contributed by atoms with Crippen molar-refractivity contribution in [3.63, 3.8) is 0 Å². The maximum Gasteiger partial charge on any atom is 0.114 e. The van der Waals surface area contributed by atoms with Crippen molar-refractivity contribution in [2.24, 2.45) is 0 Å². The summed E-state index contributed by atoms with van der Waals surface area (Å²) in [6, 6.07) is 8.63. The van der Waals surface area contributed by atoms with Gasteiger partial charge in [0.15, 0.2) is 0 Å². The highest BCUT2D eigenvalue weighted by Crippen LogP contribution is 2.25. The summed E-state index contributed by atoms with van der Waals surface area (Å²) in [5.41, 5.74) is 3.49. The smallest absolute Gasteiger partial charge is 0.114 e. The van der Waals surface area contributed by atoms with Gasteiger partial charge in [-0.25, -0.2) is 4.98 Å². The molecule has 0 spiro atoms. The molecule has 0 amide bonds. The van der Waals surface area contributed by atoms with Crippen LogP contribution < -0.4 is 5.32 Å². The van der Waals surface area contributed by atoms with Gasteiger partial charge in [-0.15, -0.1) is 11.3 Å². The van der Waals surface area contributed by atoms with Gasteiger partial charge in [-0.2, -0.15) is 0 Å². The van der Waals surface area contributed by atoms with Crippen molar-refractivity contribution in [3.05, 3.63) is 51.5 Å². The van der Waals surface area contributed by atoms with Crippen LogP contribution in [0.25, 0.3) is 0 Å². The average molecular weight is 262 g/mol. The van der Waals surface area contributed by atoms with Crippen LogP contribution in [0.15, 0.2) is 29.6 Å². The third kappa shape index (κ3) is 2.96. The third-order valence-corrected chi connectivity index (χ3v) is 3.82. The fourth-order valence-corrected chi connectivity index (χ4v) is 2.84. The van der Waals surface area contributed by atoms with Crippen LogP contribution in [0.5, 0.6) is 0 Å². The van der Waals surface area contributed by atoms with Crippen molar-refractivity contribution >= 4 is 11.3 Å². The van der Waals surface area contributed by atoms with Crippen molar-refractivity contribution in [2.75, 3.05) is 14.2 Å². The van der Waals surface area contributed by atoms with Gasteiger partial charge in [0.05, 0.1) is 12.6 Å². The number of methoxy groups -OCH3 is 1. The maximum absolute atomic E-state index is 5.12. The molecule has 1 atom stereocenters. The quantitative estimate of drug-likeness (QED) is 0.899. The van der Waals surface area contributed by atoms with Gasteiger partial charge in [-0.1, -0.05) is 24.3 Å². The summed E-state index contributed by atoms with van der Waals surface area (Å²) in [7, 11) is 3.67. The molecule has 18 heavy (non-hydrogen) atoms. The zero-order valence-corrected chi connectivity index (χ0v) is 11.8. The van der Waals surface area contributed by atoms with Crippen LogP contribution >= 0.6 is 11.3 Å². The fourth-order valence-electron chi connectivity index (χ4n) is 1.91. The fraction of sp³-hybridized carbons (Fsp3) is 0.357. The molecule has 1 heterocycles. The molecular formula is C14H18N2OS. The predicted octanol–water partition coefficient (Wildman–Crippen LogP) is 2.91. The Bertz CT molecular complexity index is 493. The van der Waals surface area contributed by atoms with E-state index >= 15 is 0 Å². The Morgan fingerprint density at radius 3 is 2.56 bits per heavy atom. The molecule has 2 rings (SSSR count). The standard InChI is InChI=1S/C14H18N2OS/c1-10-9-18-14(16-10)13(15-2)12-6-4-11(5-7-12)8-17-3/h4-7,9,13,15H,8H2,1-3H3. The van der Waals surface area contributed by atoms with E-state index in [9.17, 15) is 0 Å². The van der Waals surface area contributed by atoms with Crippen LogP contribution in [0.3, 0.4) is 0 Å². The number of nitrogens with one attached hydrogen (secondary N) is 1. The molecule has 0 aliphatic carbocycles. The minimum atomic E-state index is 0.167. The zero-order valence-electron chi connectivity index (χ0n) is 10.9. The first-order valence-corrected chi connectivity index (χ1v) is 6.79. The van der Waals surface area contributed by atoms with E-state index < -0.39 is 0 Å². The van der Waals surface area contributed by atoms with Gasteiger partial charge < -0.3 is 10.1 Å². The molecule has 0 saturated heterocycles. The predicted molar refractivity (Wildman–Crippen MR) is 74.9 cm³/mol. The van der Waals surface area contributed by atoms with E-state index in [1.165, 1.54) is 11.1 Å². The van der Waals surface area contributed by atoms with E-state index in [2.05, 4.69) is 39.9 Å². The summed E-state index contributed by atoms with van der Waals surface area (Å²) in [4.78, 5) is 4.55. The second-order valence-electron chi connectivity index (χ2n) is 4.22. The molecular weight excluding hydrogens is 244 g/mol. The van der Waals surface area contributed by atoms with Crippen LogP contribution in [0.4, 0.5) is 0 Å². The monoisotopic (exact) mass is 262 g/mol. The second kappa shape index (κ2) is 6.09. The van der Waals surface area contributed by atoms with Crippen LogP contribution in [0, 0.1) is 6.92 Å². The van der Waals surface area contributed by atoms with Crippen LogP contribution in [0.2, 0.25) is 0 Å². The molecule has 0 saturated carbocycles. The summed E-state index contributed by atoms with van der Waals surface area (Å²) in [5, 5.41) is 6.50. The highest BCUT2D eigenvalue weighted by molar-refractivity contribution is 7.09. The number of thiazole rings is 1. The van der Waals surface area contributed by atoms with Gasteiger partial charge in [0.1, 0.15) is 5.01 Å². The molecule has 4 heteroatoms. The normalized spacial score (nSPS) is 12.6. The molecule has 2 aromatic rings. The van der Waals surface area contributed by atoms with Crippen molar-refractivity contribution in [1.29, 1.82) is 0 Å². The Kier molecular flexibility index (Phi) is 4.47. The van der Waals surface area contributed by atoms with E-state index in [0.29, 0.717) is 6.61 Å². The molecule has 0 bridgehead atoms. The van der Waals surface area contributed by atoms with Gasteiger partial charge in [0, 0.05) is 18.2 Å².